The quantitative estimate of drug-likeness (QED) is 0.617. The second-order valence-corrected chi connectivity index (χ2v) is 3.44. The second kappa shape index (κ2) is 3.30. The fourth-order valence-corrected chi connectivity index (χ4v) is 1.65. The summed E-state index contributed by atoms with van der Waals surface area (Å²) in [5, 5.41) is 0.917. The van der Waals surface area contributed by atoms with Crippen molar-refractivity contribution in [1.29, 1.82) is 0 Å². The van der Waals surface area contributed by atoms with Crippen LogP contribution in [0.5, 0.6) is 0 Å². The van der Waals surface area contributed by atoms with Crippen molar-refractivity contribution in [2.24, 2.45) is 0 Å². The van der Waals surface area contributed by atoms with Crippen LogP contribution in [0.15, 0.2) is 43.2 Å². The number of aromatic nitrogens is 4. The lowest BCUT2D eigenvalue weighted by atomic mass is 10.2. The normalized spacial score (nSPS) is 10.8. The Hall–Kier alpha value is -2.43. The number of benzene rings is 1. The molecule has 0 bridgehead atoms. The van der Waals surface area contributed by atoms with E-state index in [-0.39, 0.29) is 0 Å². The van der Waals surface area contributed by atoms with Gasteiger partial charge in [-0.05, 0) is 18.2 Å². The molecule has 0 aliphatic carbocycles. The first kappa shape index (κ1) is 8.84. The average Bonchev–Trinajstić information content (AvgIpc) is 2.81. The van der Waals surface area contributed by atoms with Crippen molar-refractivity contribution in [2.45, 2.75) is 0 Å². The van der Waals surface area contributed by atoms with Gasteiger partial charge in [0.05, 0.1) is 5.52 Å². The van der Waals surface area contributed by atoms with Crippen LogP contribution in [0, 0.1) is 0 Å². The van der Waals surface area contributed by atoms with Gasteiger partial charge in [-0.3, -0.25) is 4.57 Å². The predicted octanol–water partition coefficient (Wildman–Crippen LogP) is 1.40. The third kappa shape index (κ3) is 1.30. The van der Waals surface area contributed by atoms with Crippen LogP contribution in [0.4, 0.5) is 5.69 Å². The Balaban J connectivity index is 2.36. The Bertz CT molecular complexity index is 630. The van der Waals surface area contributed by atoms with Gasteiger partial charge in [-0.15, -0.1) is 0 Å². The van der Waals surface area contributed by atoms with E-state index < -0.39 is 0 Å². The molecule has 2 aromatic heterocycles. The molecule has 0 amide bonds. The molecule has 0 saturated heterocycles. The van der Waals surface area contributed by atoms with Gasteiger partial charge in [0.15, 0.2) is 0 Å². The third-order valence-corrected chi connectivity index (χ3v) is 2.39. The molecule has 0 spiro atoms. The molecule has 3 aromatic rings. The number of imidazole rings is 1. The fourth-order valence-electron chi connectivity index (χ4n) is 1.65. The van der Waals surface area contributed by atoms with Crippen molar-refractivity contribution in [2.75, 3.05) is 5.73 Å². The molecule has 1 aromatic carbocycles. The minimum atomic E-state index is 0.698. The fraction of sp³-hybridized carbons (Fsp3) is 0. The summed E-state index contributed by atoms with van der Waals surface area (Å²) < 4.78 is 1.84. The zero-order chi connectivity index (χ0) is 11.0. The molecule has 16 heavy (non-hydrogen) atoms. The number of nitrogens with zero attached hydrogens (tertiary/aromatic N) is 4. The molecule has 0 saturated carbocycles. The minimum absolute atomic E-state index is 0.698. The number of nitrogens with two attached hydrogens (primary N) is 1. The standard InChI is InChI=1S/C11H9N5/c12-8-1-2-10-9(5-8)11(15-6-14-10)16-4-3-13-7-16/h1-7H,12H2. The summed E-state index contributed by atoms with van der Waals surface area (Å²) in [7, 11) is 0. The molecule has 0 atom stereocenters. The first-order valence-corrected chi connectivity index (χ1v) is 4.83. The number of anilines is 1. The van der Waals surface area contributed by atoms with Crippen LogP contribution in [-0.4, -0.2) is 19.5 Å². The number of hydrogen-bond donors (Lipinski definition) is 1. The summed E-state index contributed by atoms with van der Waals surface area (Å²) in [6, 6.07) is 5.57. The smallest absolute Gasteiger partial charge is 0.149 e. The van der Waals surface area contributed by atoms with E-state index in [1.165, 1.54) is 6.33 Å². The highest BCUT2D eigenvalue weighted by atomic mass is 15.1. The lowest BCUT2D eigenvalue weighted by Crippen LogP contribution is -1.97. The monoisotopic (exact) mass is 211 g/mol. The molecule has 0 radical (unpaired) electrons. The van der Waals surface area contributed by atoms with Gasteiger partial charge >= 0.3 is 0 Å². The molecule has 0 aliphatic heterocycles. The van der Waals surface area contributed by atoms with E-state index in [0.717, 1.165) is 16.7 Å². The van der Waals surface area contributed by atoms with Crippen LogP contribution in [0.3, 0.4) is 0 Å². The lowest BCUT2D eigenvalue weighted by molar-refractivity contribution is 0.993. The van der Waals surface area contributed by atoms with Crippen LogP contribution in [0.1, 0.15) is 0 Å². The SMILES string of the molecule is Nc1ccc2ncnc(-n3ccnc3)c2c1. The average molecular weight is 211 g/mol. The number of fused-ring (bicyclic) bond motifs is 1. The van der Waals surface area contributed by atoms with E-state index in [0.29, 0.717) is 5.69 Å². The molecule has 2 heterocycles. The first-order chi connectivity index (χ1) is 7.84. The van der Waals surface area contributed by atoms with Gasteiger partial charge in [0.1, 0.15) is 18.5 Å². The van der Waals surface area contributed by atoms with Crippen LogP contribution >= 0.6 is 0 Å². The Morgan fingerprint density at radius 2 is 2.12 bits per heavy atom. The highest BCUT2D eigenvalue weighted by Crippen LogP contribution is 2.20. The Labute approximate surface area is 91.6 Å². The third-order valence-electron chi connectivity index (χ3n) is 2.39. The van der Waals surface area contributed by atoms with Crippen molar-refractivity contribution >= 4 is 16.6 Å². The summed E-state index contributed by atoms with van der Waals surface area (Å²) in [5.41, 5.74) is 7.33. The van der Waals surface area contributed by atoms with E-state index >= 15 is 0 Å². The maximum Gasteiger partial charge on any atom is 0.149 e. The van der Waals surface area contributed by atoms with Gasteiger partial charge in [0.2, 0.25) is 0 Å². The van der Waals surface area contributed by atoms with Crippen molar-refractivity contribution in [3.05, 3.63) is 43.2 Å². The molecule has 0 unspecified atom stereocenters. The van der Waals surface area contributed by atoms with Crippen LogP contribution in [0.2, 0.25) is 0 Å². The van der Waals surface area contributed by atoms with Crippen molar-refractivity contribution in [3.8, 4) is 5.82 Å². The van der Waals surface area contributed by atoms with E-state index in [2.05, 4.69) is 15.0 Å². The zero-order valence-corrected chi connectivity index (χ0v) is 8.41. The van der Waals surface area contributed by atoms with Crippen molar-refractivity contribution in [3.63, 3.8) is 0 Å². The van der Waals surface area contributed by atoms with Crippen molar-refractivity contribution in [1.82, 2.24) is 19.5 Å². The summed E-state index contributed by atoms with van der Waals surface area (Å²) >= 11 is 0. The van der Waals surface area contributed by atoms with Gasteiger partial charge in [-0.1, -0.05) is 0 Å². The highest BCUT2D eigenvalue weighted by molar-refractivity contribution is 5.87. The van der Waals surface area contributed by atoms with Gasteiger partial charge < -0.3 is 5.73 Å². The molecule has 2 N–H and O–H groups in total. The summed E-state index contributed by atoms with van der Waals surface area (Å²) in [5.74, 6) is 0.787. The number of hydrogen-bond acceptors (Lipinski definition) is 4. The zero-order valence-electron chi connectivity index (χ0n) is 8.41. The maximum atomic E-state index is 5.77. The molecule has 5 nitrogen and oxygen atoms in total. The minimum Gasteiger partial charge on any atom is -0.399 e. The first-order valence-electron chi connectivity index (χ1n) is 4.83. The lowest BCUT2D eigenvalue weighted by Gasteiger charge is -2.05. The van der Waals surface area contributed by atoms with E-state index in [1.54, 1.807) is 12.5 Å². The molecule has 5 heteroatoms. The molecule has 3 rings (SSSR count). The van der Waals surface area contributed by atoms with Crippen LogP contribution in [-0.2, 0) is 0 Å². The molecular formula is C11H9N5. The summed E-state index contributed by atoms with van der Waals surface area (Å²) in [4.78, 5) is 12.4. The van der Waals surface area contributed by atoms with Crippen LogP contribution < -0.4 is 5.73 Å². The Morgan fingerprint density at radius 1 is 1.19 bits per heavy atom. The molecule has 78 valence electrons. The van der Waals surface area contributed by atoms with Gasteiger partial charge in [0, 0.05) is 23.5 Å². The highest BCUT2D eigenvalue weighted by Gasteiger charge is 2.05. The van der Waals surface area contributed by atoms with E-state index in [4.69, 9.17) is 5.73 Å². The van der Waals surface area contributed by atoms with Crippen LogP contribution in [0.25, 0.3) is 16.7 Å². The van der Waals surface area contributed by atoms with Gasteiger partial charge in [-0.25, -0.2) is 15.0 Å². The Morgan fingerprint density at radius 3 is 2.94 bits per heavy atom. The predicted molar refractivity (Wildman–Crippen MR) is 61.1 cm³/mol. The second-order valence-electron chi connectivity index (χ2n) is 3.44. The van der Waals surface area contributed by atoms with Gasteiger partial charge in [-0.2, -0.15) is 0 Å². The topological polar surface area (TPSA) is 69.6 Å². The van der Waals surface area contributed by atoms with Crippen molar-refractivity contribution < 1.29 is 0 Å². The van der Waals surface area contributed by atoms with Gasteiger partial charge in [0.25, 0.3) is 0 Å². The van der Waals surface area contributed by atoms with E-state index in [9.17, 15) is 0 Å². The molecular weight excluding hydrogens is 202 g/mol. The number of nitrogen functional groups attached to an aromatic ring is 1. The number of rotatable bonds is 1. The van der Waals surface area contributed by atoms with E-state index in [1.807, 2.05) is 29.0 Å². The largest absolute Gasteiger partial charge is 0.399 e. The summed E-state index contributed by atoms with van der Waals surface area (Å²) in [6.45, 7) is 0. The summed E-state index contributed by atoms with van der Waals surface area (Å²) in [6.07, 6.45) is 6.78. The molecule has 0 fully saturated rings. The maximum absolute atomic E-state index is 5.77. The Kier molecular flexibility index (Phi) is 1.83. The molecule has 0 aliphatic rings.